The average molecular weight is 405 g/mol. The second kappa shape index (κ2) is 9.96. The molecule has 0 bridgehead atoms. The Hall–Kier alpha value is -1.29. The van der Waals surface area contributed by atoms with E-state index in [9.17, 15) is 0 Å². The van der Waals surface area contributed by atoms with Gasteiger partial charge < -0.3 is 15.4 Å². The van der Waals surface area contributed by atoms with Crippen LogP contribution in [0.5, 0.6) is 5.75 Å². The van der Waals surface area contributed by atoms with Gasteiger partial charge >= 0.3 is 0 Å². The van der Waals surface area contributed by atoms with Gasteiger partial charge in [-0.15, -0.1) is 0 Å². The van der Waals surface area contributed by atoms with E-state index in [1.54, 1.807) is 0 Å². The van der Waals surface area contributed by atoms with E-state index in [-0.39, 0.29) is 10.8 Å². The summed E-state index contributed by atoms with van der Waals surface area (Å²) in [7, 11) is 0. The van der Waals surface area contributed by atoms with Gasteiger partial charge in [-0.25, -0.2) is 0 Å². The summed E-state index contributed by atoms with van der Waals surface area (Å²) in [5.41, 5.74) is 3.04. The Morgan fingerprint density at radius 2 is 1.75 bits per heavy atom. The van der Waals surface area contributed by atoms with Crippen molar-refractivity contribution in [3.63, 3.8) is 0 Å². The van der Waals surface area contributed by atoms with E-state index in [0.717, 1.165) is 49.7 Å². The molecule has 0 aliphatic heterocycles. The van der Waals surface area contributed by atoms with Gasteiger partial charge in [0.25, 0.3) is 0 Å². The van der Waals surface area contributed by atoms with Crippen LogP contribution in [0.1, 0.15) is 91.2 Å². The van der Waals surface area contributed by atoms with Crippen LogP contribution < -0.4 is 15.4 Å². The van der Waals surface area contributed by atoms with Crippen LogP contribution in [0.25, 0.3) is 0 Å². The van der Waals surface area contributed by atoms with Crippen molar-refractivity contribution in [3.05, 3.63) is 29.3 Å². The second-order valence-corrected chi connectivity index (χ2v) is 9.82. The molecule has 1 aliphatic carbocycles. The molecule has 2 N–H and O–H groups in total. The first-order valence-electron chi connectivity index (χ1n) is 11.0. The summed E-state index contributed by atoms with van der Waals surface area (Å²) in [6, 6.07) is 7.43. The molecule has 158 valence electrons. The number of unbranched alkanes of at least 4 members (excludes halogenated alkanes) is 1. The molecule has 0 saturated heterocycles. The molecule has 2 rings (SSSR count). The SMILES string of the molecule is CCC(C)(C)c1ccc(OCCCCNC(=S)NC2CC2)c(C(C)(C)CC)c1. The van der Waals surface area contributed by atoms with E-state index in [4.69, 9.17) is 17.0 Å². The lowest BCUT2D eigenvalue weighted by Gasteiger charge is -2.30. The fraction of sp³-hybridized carbons (Fsp3) is 0.708. The van der Waals surface area contributed by atoms with Gasteiger partial charge in [0.15, 0.2) is 5.11 Å². The van der Waals surface area contributed by atoms with Gasteiger partial charge in [0.1, 0.15) is 5.75 Å². The number of hydrogen-bond donors (Lipinski definition) is 2. The number of hydrogen-bond acceptors (Lipinski definition) is 2. The summed E-state index contributed by atoms with van der Waals surface area (Å²) >= 11 is 5.29. The third kappa shape index (κ3) is 6.65. The summed E-state index contributed by atoms with van der Waals surface area (Å²) in [5.74, 6) is 1.04. The first-order valence-corrected chi connectivity index (χ1v) is 11.4. The molecule has 1 saturated carbocycles. The summed E-state index contributed by atoms with van der Waals surface area (Å²) in [5, 5.41) is 7.40. The van der Waals surface area contributed by atoms with Crippen molar-refractivity contribution in [3.8, 4) is 5.75 Å². The smallest absolute Gasteiger partial charge is 0.166 e. The van der Waals surface area contributed by atoms with Crippen LogP contribution in [-0.4, -0.2) is 24.3 Å². The van der Waals surface area contributed by atoms with Crippen LogP contribution in [0.15, 0.2) is 18.2 Å². The molecule has 28 heavy (non-hydrogen) atoms. The maximum atomic E-state index is 6.23. The van der Waals surface area contributed by atoms with Gasteiger partial charge in [0, 0.05) is 18.2 Å². The van der Waals surface area contributed by atoms with Gasteiger partial charge in [0.2, 0.25) is 0 Å². The summed E-state index contributed by atoms with van der Waals surface area (Å²) in [6.45, 7) is 15.4. The molecule has 0 amide bonds. The van der Waals surface area contributed by atoms with E-state index in [2.05, 4.69) is 70.4 Å². The van der Waals surface area contributed by atoms with Crippen molar-refractivity contribution in [1.82, 2.24) is 10.6 Å². The molecule has 1 aliphatic rings. The van der Waals surface area contributed by atoms with Crippen molar-refractivity contribution in [2.45, 2.75) is 96.9 Å². The fourth-order valence-corrected chi connectivity index (χ4v) is 3.34. The van der Waals surface area contributed by atoms with Crippen LogP contribution in [0, 0.1) is 0 Å². The lowest BCUT2D eigenvalue weighted by atomic mass is 9.76. The minimum Gasteiger partial charge on any atom is -0.493 e. The molecule has 0 radical (unpaired) electrons. The van der Waals surface area contributed by atoms with Gasteiger partial charge in [-0.05, 0) is 73.2 Å². The molecular weight excluding hydrogens is 364 g/mol. The number of nitrogens with one attached hydrogen (secondary N) is 2. The van der Waals surface area contributed by atoms with E-state index >= 15 is 0 Å². The highest BCUT2D eigenvalue weighted by Gasteiger charge is 2.26. The Morgan fingerprint density at radius 3 is 2.36 bits per heavy atom. The van der Waals surface area contributed by atoms with Crippen molar-refractivity contribution in [2.75, 3.05) is 13.2 Å². The molecule has 1 aromatic carbocycles. The topological polar surface area (TPSA) is 33.3 Å². The standard InChI is InChI=1S/C24H40N2OS/c1-7-23(3,4)18-11-14-21(20(17-18)24(5,6)8-2)27-16-10-9-15-25-22(28)26-19-12-13-19/h11,14,17,19H,7-10,12-13,15-16H2,1-6H3,(H2,25,26,28). The molecule has 0 heterocycles. The zero-order chi connectivity index (χ0) is 20.8. The highest BCUT2D eigenvalue weighted by atomic mass is 32.1. The quantitative estimate of drug-likeness (QED) is 0.358. The monoisotopic (exact) mass is 404 g/mol. The Balaban J connectivity index is 1.89. The fourth-order valence-electron chi connectivity index (χ4n) is 3.08. The third-order valence-electron chi connectivity index (χ3n) is 6.28. The zero-order valence-electron chi connectivity index (χ0n) is 18.8. The summed E-state index contributed by atoms with van der Waals surface area (Å²) in [4.78, 5) is 0. The summed E-state index contributed by atoms with van der Waals surface area (Å²) in [6.07, 6.45) is 6.80. The van der Waals surface area contributed by atoms with Crippen molar-refractivity contribution < 1.29 is 4.74 Å². The largest absolute Gasteiger partial charge is 0.493 e. The normalized spacial score (nSPS) is 14.6. The first-order chi connectivity index (χ1) is 13.2. The predicted molar refractivity (Wildman–Crippen MR) is 125 cm³/mol. The Bertz CT molecular complexity index is 650. The van der Waals surface area contributed by atoms with Crippen molar-refractivity contribution >= 4 is 17.3 Å². The Morgan fingerprint density at radius 1 is 1.07 bits per heavy atom. The van der Waals surface area contributed by atoms with E-state index in [1.165, 1.54) is 24.0 Å². The molecule has 0 unspecified atom stereocenters. The minimum absolute atomic E-state index is 0.109. The molecule has 3 nitrogen and oxygen atoms in total. The highest BCUT2D eigenvalue weighted by Crippen LogP contribution is 2.38. The van der Waals surface area contributed by atoms with Crippen molar-refractivity contribution in [1.29, 1.82) is 0 Å². The van der Waals surface area contributed by atoms with Gasteiger partial charge in [-0.1, -0.05) is 53.7 Å². The molecule has 0 aromatic heterocycles. The minimum atomic E-state index is 0.109. The lowest BCUT2D eigenvalue weighted by molar-refractivity contribution is 0.296. The molecule has 4 heteroatoms. The maximum absolute atomic E-state index is 6.23. The van der Waals surface area contributed by atoms with E-state index in [1.807, 2.05) is 0 Å². The van der Waals surface area contributed by atoms with Gasteiger partial charge in [-0.2, -0.15) is 0 Å². The van der Waals surface area contributed by atoms with Gasteiger partial charge in [0.05, 0.1) is 6.61 Å². The number of benzene rings is 1. The molecule has 0 atom stereocenters. The van der Waals surface area contributed by atoms with Crippen LogP contribution in [0.2, 0.25) is 0 Å². The third-order valence-corrected chi connectivity index (χ3v) is 6.55. The Kier molecular flexibility index (Phi) is 8.18. The Labute approximate surface area is 178 Å². The predicted octanol–water partition coefficient (Wildman–Crippen LogP) is 5.85. The summed E-state index contributed by atoms with van der Waals surface area (Å²) < 4.78 is 6.23. The molecular formula is C24H40N2OS. The van der Waals surface area contributed by atoms with Crippen LogP contribution in [0.4, 0.5) is 0 Å². The van der Waals surface area contributed by atoms with Crippen LogP contribution >= 0.6 is 12.2 Å². The van der Waals surface area contributed by atoms with E-state index in [0.29, 0.717) is 6.04 Å². The lowest BCUT2D eigenvalue weighted by Crippen LogP contribution is -2.37. The van der Waals surface area contributed by atoms with Gasteiger partial charge in [-0.3, -0.25) is 0 Å². The van der Waals surface area contributed by atoms with Crippen LogP contribution in [-0.2, 0) is 10.8 Å². The average Bonchev–Trinajstić information content (AvgIpc) is 3.48. The first kappa shape index (κ1) is 23.0. The number of ether oxygens (including phenoxy) is 1. The second-order valence-electron chi connectivity index (χ2n) is 9.42. The van der Waals surface area contributed by atoms with Crippen LogP contribution in [0.3, 0.4) is 0 Å². The van der Waals surface area contributed by atoms with Crippen molar-refractivity contribution in [2.24, 2.45) is 0 Å². The molecule has 0 spiro atoms. The maximum Gasteiger partial charge on any atom is 0.166 e. The number of rotatable bonds is 11. The molecule has 1 fully saturated rings. The molecule has 1 aromatic rings. The highest BCUT2D eigenvalue weighted by molar-refractivity contribution is 7.80. The van der Waals surface area contributed by atoms with E-state index < -0.39 is 0 Å². The number of thiocarbonyl (C=S) groups is 1. The zero-order valence-corrected chi connectivity index (χ0v) is 19.6.